The largest absolute Gasteiger partial charge is 0.353 e. The summed E-state index contributed by atoms with van der Waals surface area (Å²) in [6.07, 6.45) is 3.61. The highest BCUT2D eigenvalue weighted by atomic mass is 16.7. The predicted octanol–water partition coefficient (Wildman–Crippen LogP) is 1.88. The van der Waals surface area contributed by atoms with E-state index >= 15 is 0 Å². The van der Waals surface area contributed by atoms with E-state index in [9.17, 15) is 4.79 Å². The summed E-state index contributed by atoms with van der Waals surface area (Å²) in [7, 11) is 0. The molecule has 1 fully saturated rings. The fourth-order valence-electron chi connectivity index (χ4n) is 1.80. The number of carbonyl (C=O) groups excluding carboxylic acids is 1. The van der Waals surface area contributed by atoms with Crippen molar-refractivity contribution < 1.29 is 14.3 Å². The first-order valence-electron chi connectivity index (χ1n) is 6.00. The van der Waals surface area contributed by atoms with E-state index in [4.69, 9.17) is 9.47 Å². The van der Waals surface area contributed by atoms with E-state index < -0.39 is 0 Å². The third-order valence-electron chi connectivity index (χ3n) is 2.64. The molecule has 1 aromatic carbocycles. The van der Waals surface area contributed by atoms with Crippen molar-refractivity contribution >= 4 is 12.0 Å². The summed E-state index contributed by atoms with van der Waals surface area (Å²) >= 11 is 0. The highest BCUT2D eigenvalue weighted by Gasteiger charge is 2.19. The molecule has 1 aromatic rings. The van der Waals surface area contributed by atoms with Crippen LogP contribution in [0.3, 0.4) is 0 Å². The Hall–Kier alpha value is -1.65. The summed E-state index contributed by atoms with van der Waals surface area (Å²) in [5.74, 6) is -0.0320. The minimum Gasteiger partial charge on any atom is -0.353 e. The Morgan fingerprint density at radius 3 is 2.83 bits per heavy atom. The second kappa shape index (κ2) is 6.33. The molecular weight excluding hydrogens is 230 g/mol. The summed E-state index contributed by atoms with van der Waals surface area (Å²) in [5.41, 5.74) is 2.07. The zero-order chi connectivity index (χ0) is 12.8. The first kappa shape index (κ1) is 12.8. The lowest BCUT2D eigenvalue weighted by Gasteiger charge is -2.12. The van der Waals surface area contributed by atoms with Gasteiger partial charge >= 0.3 is 0 Å². The van der Waals surface area contributed by atoms with Crippen LogP contribution in [0.15, 0.2) is 30.3 Å². The zero-order valence-corrected chi connectivity index (χ0v) is 10.4. The van der Waals surface area contributed by atoms with E-state index in [2.05, 4.69) is 5.32 Å². The fourth-order valence-corrected chi connectivity index (χ4v) is 1.80. The molecule has 1 aliphatic rings. The lowest BCUT2D eigenvalue weighted by molar-refractivity contribution is -0.118. The van der Waals surface area contributed by atoms with E-state index in [1.54, 1.807) is 0 Å². The van der Waals surface area contributed by atoms with Gasteiger partial charge in [-0.15, -0.1) is 0 Å². The number of benzene rings is 1. The van der Waals surface area contributed by atoms with Crippen LogP contribution in [0.2, 0.25) is 0 Å². The zero-order valence-electron chi connectivity index (χ0n) is 10.4. The highest BCUT2D eigenvalue weighted by Crippen LogP contribution is 2.26. The molecule has 0 saturated carbocycles. The summed E-state index contributed by atoms with van der Waals surface area (Å²) in [5, 5.41) is 2.72. The molecule has 1 aliphatic heterocycles. The summed E-state index contributed by atoms with van der Waals surface area (Å²) in [6, 6.07) is 7.93. The molecule has 4 heteroatoms. The van der Waals surface area contributed by atoms with Gasteiger partial charge in [-0.3, -0.25) is 4.79 Å². The topological polar surface area (TPSA) is 47.6 Å². The molecule has 1 saturated heterocycles. The number of amides is 1. The van der Waals surface area contributed by atoms with Crippen LogP contribution in [0.25, 0.3) is 6.08 Å². The number of hydrogen-bond acceptors (Lipinski definition) is 3. The normalized spacial score (nSPS) is 16.3. The average Bonchev–Trinajstić information content (AvgIpc) is 2.88. The number of hydrogen-bond donors (Lipinski definition) is 1. The molecule has 1 N–H and O–H groups in total. The number of nitrogens with one attached hydrogen (secondary N) is 1. The van der Waals surface area contributed by atoms with Crippen LogP contribution in [-0.2, 0) is 14.3 Å². The molecule has 0 unspecified atom stereocenters. The summed E-state index contributed by atoms with van der Waals surface area (Å²) in [4.78, 5) is 10.7. The van der Waals surface area contributed by atoms with Crippen LogP contribution in [0.1, 0.15) is 24.3 Å². The van der Waals surface area contributed by atoms with E-state index in [-0.39, 0.29) is 12.2 Å². The van der Waals surface area contributed by atoms with Crippen molar-refractivity contribution in [2.75, 3.05) is 19.8 Å². The Bertz CT molecular complexity index is 436. The molecule has 0 spiro atoms. The quantitative estimate of drug-likeness (QED) is 0.883. The number of ether oxygens (including phenoxy) is 2. The Labute approximate surface area is 107 Å². The van der Waals surface area contributed by atoms with Gasteiger partial charge in [0, 0.05) is 19.0 Å². The van der Waals surface area contributed by atoms with Crippen LogP contribution >= 0.6 is 0 Å². The second-order valence-corrected chi connectivity index (χ2v) is 4.04. The molecule has 0 aromatic heterocycles. The fraction of sp³-hybridized carbons (Fsp3) is 0.357. The van der Waals surface area contributed by atoms with E-state index in [0.29, 0.717) is 19.8 Å². The van der Waals surface area contributed by atoms with Crippen LogP contribution in [0.5, 0.6) is 0 Å². The van der Waals surface area contributed by atoms with Crippen molar-refractivity contribution in [3.8, 4) is 0 Å². The molecule has 0 aliphatic carbocycles. The van der Waals surface area contributed by atoms with Gasteiger partial charge in [0.1, 0.15) is 0 Å². The first-order valence-corrected chi connectivity index (χ1v) is 6.00. The minimum atomic E-state index is -0.272. The Morgan fingerprint density at radius 2 is 2.11 bits per heavy atom. The maximum Gasteiger partial charge on any atom is 0.217 e. The molecular formula is C14H17NO3. The predicted molar refractivity (Wildman–Crippen MR) is 68.8 cm³/mol. The van der Waals surface area contributed by atoms with Gasteiger partial charge in [0.2, 0.25) is 5.91 Å². The average molecular weight is 247 g/mol. The van der Waals surface area contributed by atoms with Gasteiger partial charge in [0.15, 0.2) is 6.29 Å². The first-order chi connectivity index (χ1) is 8.77. The molecule has 0 bridgehead atoms. The van der Waals surface area contributed by atoms with Crippen molar-refractivity contribution in [1.29, 1.82) is 0 Å². The molecule has 18 heavy (non-hydrogen) atoms. The van der Waals surface area contributed by atoms with Crippen LogP contribution < -0.4 is 5.32 Å². The summed E-state index contributed by atoms with van der Waals surface area (Å²) in [6.45, 7) is 3.29. The molecule has 1 heterocycles. The van der Waals surface area contributed by atoms with Crippen molar-refractivity contribution in [3.63, 3.8) is 0 Å². The third-order valence-corrected chi connectivity index (χ3v) is 2.64. The smallest absolute Gasteiger partial charge is 0.217 e. The van der Waals surface area contributed by atoms with Gasteiger partial charge in [-0.05, 0) is 5.56 Å². The van der Waals surface area contributed by atoms with Crippen LogP contribution in [0, 0.1) is 0 Å². The monoisotopic (exact) mass is 247 g/mol. The van der Waals surface area contributed by atoms with Crippen molar-refractivity contribution in [3.05, 3.63) is 41.5 Å². The highest BCUT2D eigenvalue weighted by molar-refractivity contribution is 5.73. The van der Waals surface area contributed by atoms with E-state index in [1.165, 1.54) is 6.92 Å². The van der Waals surface area contributed by atoms with E-state index in [1.807, 2.05) is 36.4 Å². The Balaban J connectivity index is 2.05. The maximum atomic E-state index is 10.7. The van der Waals surface area contributed by atoms with Gasteiger partial charge in [-0.2, -0.15) is 0 Å². The number of rotatable bonds is 4. The Morgan fingerprint density at radius 1 is 1.39 bits per heavy atom. The minimum absolute atomic E-state index is 0.0320. The molecule has 0 radical (unpaired) electrons. The standard InChI is InChI=1S/C14H17NO3/c1-11(16)15-8-4-6-12-5-2-3-7-13(12)14-17-9-10-18-14/h2-7,14H,8-10H2,1H3,(H,15,16). The molecule has 1 amide bonds. The van der Waals surface area contributed by atoms with Crippen LogP contribution in [-0.4, -0.2) is 25.7 Å². The third kappa shape index (κ3) is 3.42. The molecule has 4 nitrogen and oxygen atoms in total. The molecule has 2 rings (SSSR count). The summed E-state index contributed by atoms with van der Waals surface area (Å²) < 4.78 is 11.0. The lowest BCUT2D eigenvalue weighted by Crippen LogP contribution is -2.19. The van der Waals surface area contributed by atoms with Gasteiger partial charge in [0.25, 0.3) is 0 Å². The van der Waals surface area contributed by atoms with Gasteiger partial charge in [-0.1, -0.05) is 36.4 Å². The van der Waals surface area contributed by atoms with Gasteiger partial charge in [-0.25, -0.2) is 0 Å². The molecule has 96 valence electrons. The van der Waals surface area contributed by atoms with Crippen molar-refractivity contribution in [2.45, 2.75) is 13.2 Å². The SMILES string of the molecule is CC(=O)NCC=Cc1ccccc1C1OCCO1. The van der Waals surface area contributed by atoms with E-state index in [0.717, 1.165) is 11.1 Å². The number of carbonyl (C=O) groups is 1. The maximum absolute atomic E-state index is 10.7. The lowest BCUT2D eigenvalue weighted by atomic mass is 10.1. The van der Waals surface area contributed by atoms with Gasteiger partial charge in [0.05, 0.1) is 13.2 Å². The molecule has 0 atom stereocenters. The second-order valence-electron chi connectivity index (χ2n) is 4.04. The van der Waals surface area contributed by atoms with Gasteiger partial charge < -0.3 is 14.8 Å². The Kier molecular flexibility index (Phi) is 4.50. The van der Waals surface area contributed by atoms with Crippen molar-refractivity contribution in [2.24, 2.45) is 0 Å². The van der Waals surface area contributed by atoms with Crippen LogP contribution in [0.4, 0.5) is 0 Å². The van der Waals surface area contributed by atoms with Crippen molar-refractivity contribution in [1.82, 2.24) is 5.32 Å².